The van der Waals surface area contributed by atoms with Crippen molar-refractivity contribution in [3.63, 3.8) is 0 Å². The quantitative estimate of drug-likeness (QED) is 0.0785. The standard InChI is InChI=1S/C29H51NO2/c1-24(16-11-18-26(3)20-13-23-30(7,8)31)14-9-10-15-25(2)17-12-19-27(4)21-22-28-29(5,6)32-28/h14-15,18-19,28H,9-13,16-17,20-23H2,1-8H3/b24-14+,25-15+,26-18+,27-19+. The highest BCUT2D eigenvalue weighted by Crippen LogP contribution is 2.38. The van der Waals surface area contributed by atoms with E-state index in [-0.39, 0.29) is 10.2 Å². The maximum absolute atomic E-state index is 11.6. The van der Waals surface area contributed by atoms with E-state index in [4.69, 9.17) is 4.74 Å². The van der Waals surface area contributed by atoms with Crippen LogP contribution in [-0.2, 0) is 4.74 Å². The zero-order valence-electron chi connectivity index (χ0n) is 22.4. The van der Waals surface area contributed by atoms with E-state index >= 15 is 0 Å². The number of rotatable bonds is 16. The van der Waals surface area contributed by atoms with Crippen molar-refractivity contribution >= 4 is 0 Å². The summed E-state index contributed by atoms with van der Waals surface area (Å²) in [4.78, 5) is 0. The van der Waals surface area contributed by atoms with Gasteiger partial charge in [-0.1, -0.05) is 46.6 Å². The minimum atomic E-state index is -0.186. The predicted molar refractivity (Wildman–Crippen MR) is 140 cm³/mol. The Morgan fingerprint density at radius 1 is 0.750 bits per heavy atom. The van der Waals surface area contributed by atoms with E-state index in [1.54, 1.807) is 14.1 Å². The van der Waals surface area contributed by atoms with Crippen molar-refractivity contribution in [1.82, 2.24) is 0 Å². The highest BCUT2D eigenvalue weighted by atomic mass is 16.6. The van der Waals surface area contributed by atoms with Gasteiger partial charge in [0, 0.05) is 6.42 Å². The molecule has 1 heterocycles. The van der Waals surface area contributed by atoms with Crippen LogP contribution < -0.4 is 0 Å². The highest BCUT2D eigenvalue weighted by molar-refractivity contribution is 5.07. The van der Waals surface area contributed by atoms with Gasteiger partial charge in [-0.3, -0.25) is 0 Å². The van der Waals surface area contributed by atoms with Crippen molar-refractivity contribution in [3.8, 4) is 0 Å². The van der Waals surface area contributed by atoms with Gasteiger partial charge in [-0.15, -0.1) is 0 Å². The Morgan fingerprint density at radius 3 is 1.59 bits per heavy atom. The average molecular weight is 446 g/mol. The van der Waals surface area contributed by atoms with Gasteiger partial charge in [-0.2, -0.15) is 0 Å². The number of hydrogen-bond acceptors (Lipinski definition) is 2. The second-order valence-electron chi connectivity index (χ2n) is 11.0. The summed E-state index contributed by atoms with van der Waals surface area (Å²) < 4.78 is 5.49. The first-order chi connectivity index (χ1) is 14.9. The Hall–Kier alpha value is -1.16. The monoisotopic (exact) mass is 445 g/mol. The van der Waals surface area contributed by atoms with Crippen molar-refractivity contribution in [2.24, 2.45) is 0 Å². The van der Waals surface area contributed by atoms with Crippen molar-refractivity contribution in [2.75, 3.05) is 20.6 Å². The molecule has 1 saturated heterocycles. The van der Waals surface area contributed by atoms with Crippen molar-refractivity contribution in [1.29, 1.82) is 0 Å². The number of unbranched alkanes of at least 4 members (excludes halogenated alkanes) is 1. The van der Waals surface area contributed by atoms with Crippen LogP contribution >= 0.6 is 0 Å². The lowest BCUT2D eigenvalue weighted by molar-refractivity contribution is -0.840. The van der Waals surface area contributed by atoms with Crippen LogP contribution in [0.3, 0.4) is 0 Å². The van der Waals surface area contributed by atoms with Crippen molar-refractivity contribution in [2.45, 2.75) is 117 Å². The number of ether oxygens (including phenoxy) is 1. The molecule has 1 aliphatic heterocycles. The molecule has 3 nitrogen and oxygen atoms in total. The van der Waals surface area contributed by atoms with Crippen LogP contribution in [0.1, 0.15) is 106 Å². The number of epoxide rings is 1. The molecule has 32 heavy (non-hydrogen) atoms. The second-order valence-corrected chi connectivity index (χ2v) is 11.0. The van der Waals surface area contributed by atoms with E-state index in [1.165, 1.54) is 22.3 Å². The first-order valence-corrected chi connectivity index (χ1v) is 12.7. The summed E-state index contributed by atoms with van der Waals surface area (Å²) in [5, 5.41) is 11.6. The topological polar surface area (TPSA) is 35.6 Å². The van der Waals surface area contributed by atoms with Gasteiger partial charge in [0.15, 0.2) is 0 Å². The van der Waals surface area contributed by atoms with Gasteiger partial charge in [0.05, 0.1) is 32.3 Å². The third kappa shape index (κ3) is 14.8. The van der Waals surface area contributed by atoms with Crippen molar-refractivity contribution in [3.05, 3.63) is 51.8 Å². The van der Waals surface area contributed by atoms with Crippen LogP contribution in [0, 0.1) is 5.21 Å². The van der Waals surface area contributed by atoms with Crippen LogP contribution in [0.5, 0.6) is 0 Å². The highest BCUT2D eigenvalue weighted by Gasteiger charge is 2.46. The number of nitrogens with zero attached hydrogens (tertiary/aromatic N) is 1. The number of allylic oxidation sites excluding steroid dienone is 8. The minimum absolute atomic E-state index is 0.123. The Labute approximate surface area is 199 Å². The molecule has 1 rings (SSSR count). The molecule has 1 atom stereocenters. The van der Waals surface area contributed by atoms with Gasteiger partial charge in [0.1, 0.15) is 0 Å². The van der Waals surface area contributed by atoms with Crippen LogP contribution in [0.4, 0.5) is 0 Å². The average Bonchev–Trinajstić information content (AvgIpc) is 3.29. The van der Waals surface area contributed by atoms with Gasteiger partial charge >= 0.3 is 0 Å². The summed E-state index contributed by atoms with van der Waals surface area (Å²) in [5.74, 6) is 0. The third-order valence-corrected chi connectivity index (χ3v) is 6.45. The summed E-state index contributed by atoms with van der Waals surface area (Å²) in [6, 6.07) is 0. The molecule has 3 heteroatoms. The summed E-state index contributed by atoms with van der Waals surface area (Å²) in [7, 11) is 3.44. The zero-order valence-corrected chi connectivity index (χ0v) is 22.4. The Balaban J connectivity index is 2.15. The van der Waals surface area contributed by atoms with E-state index in [0.717, 1.165) is 64.2 Å². The lowest BCUT2D eigenvalue weighted by Crippen LogP contribution is -2.33. The predicted octanol–water partition coefficient (Wildman–Crippen LogP) is 8.42. The van der Waals surface area contributed by atoms with E-state index in [0.29, 0.717) is 12.6 Å². The van der Waals surface area contributed by atoms with Crippen LogP contribution in [0.2, 0.25) is 0 Å². The Morgan fingerprint density at radius 2 is 1.16 bits per heavy atom. The smallest absolute Gasteiger partial charge is 0.0892 e. The van der Waals surface area contributed by atoms with Gasteiger partial charge in [0.2, 0.25) is 0 Å². The van der Waals surface area contributed by atoms with Crippen molar-refractivity contribution < 1.29 is 9.38 Å². The zero-order chi connectivity index (χ0) is 24.2. The molecule has 0 aromatic carbocycles. The molecule has 0 saturated carbocycles. The van der Waals surface area contributed by atoms with Crippen LogP contribution in [0.15, 0.2) is 46.6 Å². The third-order valence-electron chi connectivity index (χ3n) is 6.45. The lowest BCUT2D eigenvalue weighted by atomic mass is 10.0. The Bertz CT molecular complexity index is 674. The van der Waals surface area contributed by atoms with Gasteiger partial charge in [-0.25, -0.2) is 0 Å². The molecule has 0 aliphatic carbocycles. The summed E-state index contributed by atoms with van der Waals surface area (Å²) >= 11 is 0. The molecular weight excluding hydrogens is 394 g/mol. The molecular formula is C29H51NO2. The fourth-order valence-electron chi connectivity index (χ4n) is 4.00. The molecule has 184 valence electrons. The molecule has 1 fully saturated rings. The lowest BCUT2D eigenvalue weighted by Gasteiger charge is -2.33. The van der Waals surface area contributed by atoms with E-state index in [2.05, 4.69) is 65.8 Å². The molecule has 0 bridgehead atoms. The molecule has 0 spiro atoms. The molecule has 0 aromatic rings. The molecule has 0 aromatic heterocycles. The van der Waals surface area contributed by atoms with E-state index in [9.17, 15) is 5.21 Å². The summed E-state index contributed by atoms with van der Waals surface area (Å²) in [5.41, 5.74) is 6.03. The summed E-state index contributed by atoms with van der Waals surface area (Å²) in [6.07, 6.45) is 21.2. The first-order valence-electron chi connectivity index (χ1n) is 12.7. The molecule has 0 amide bonds. The number of hydroxylamine groups is 3. The van der Waals surface area contributed by atoms with Gasteiger partial charge < -0.3 is 14.6 Å². The molecule has 0 radical (unpaired) electrons. The Kier molecular flexibility index (Phi) is 12.8. The number of quaternary nitrogens is 1. The molecule has 0 N–H and O–H groups in total. The summed E-state index contributed by atoms with van der Waals surface area (Å²) in [6.45, 7) is 14.0. The number of hydrogen-bond donors (Lipinski definition) is 0. The first kappa shape index (κ1) is 28.9. The maximum atomic E-state index is 11.6. The molecule has 1 aliphatic rings. The largest absolute Gasteiger partial charge is 0.633 e. The van der Waals surface area contributed by atoms with Gasteiger partial charge in [-0.05, 0) is 99.3 Å². The maximum Gasteiger partial charge on any atom is 0.0892 e. The fraction of sp³-hybridized carbons (Fsp3) is 0.724. The second kappa shape index (κ2) is 14.2. The molecule has 1 unspecified atom stereocenters. The van der Waals surface area contributed by atoms with E-state index < -0.39 is 0 Å². The van der Waals surface area contributed by atoms with E-state index in [1.807, 2.05) is 0 Å². The van der Waals surface area contributed by atoms with Crippen LogP contribution in [-0.4, -0.2) is 37.0 Å². The fourth-order valence-corrected chi connectivity index (χ4v) is 4.00. The normalized spacial score (nSPS) is 20.1. The van der Waals surface area contributed by atoms with Crippen LogP contribution in [0.25, 0.3) is 0 Å². The minimum Gasteiger partial charge on any atom is -0.633 e. The SMILES string of the molecule is C/C(=C\CC/C=C(\C)CC/C=C(\C)CCC1OC1(C)C)CC/C=C(\C)CCC[N+](C)(C)[O-]. The van der Waals surface area contributed by atoms with Gasteiger partial charge in [0.25, 0.3) is 0 Å².